The van der Waals surface area contributed by atoms with Crippen molar-refractivity contribution in [3.8, 4) is 0 Å². The Morgan fingerprint density at radius 3 is 2.53 bits per heavy atom. The number of hydrogen-bond donors (Lipinski definition) is 1. The molecule has 0 spiro atoms. The number of pyridine rings is 1. The lowest BCUT2D eigenvalue weighted by Gasteiger charge is -2.09. The molecule has 1 aromatic carbocycles. The third-order valence-corrected chi connectivity index (χ3v) is 2.31. The summed E-state index contributed by atoms with van der Waals surface area (Å²) in [6.45, 7) is 4.40. The first kappa shape index (κ1) is 11.4. The van der Waals surface area contributed by atoms with Gasteiger partial charge in [-0.05, 0) is 17.7 Å². The number of aromatic nitrogens is 1. The molecular formula is C14H14N2O. The molecule has 1 heterocycles. The van der Waals surface area contributed by atoms with Gasteiger partial charge < -0.3 is 0 Å². The molecule has 0 aliphatic carbocycles. The maximum Gasteiger partial charge on any atom is 0.0996 e. The van der Waals surface area contributed by atoms with E-state index < -0.39 is 0 Å². The van der Waals surface area contributed by atoms with E-state index >= 15 is 0 Å². The normalized spacial score (nSPS) is 9.88. The summed E-state index contributed by atoms with van der Waals surface area (Å²) in [5.41, 5.74) is 5.63. The Hall–Kier alpha value is -2.13. The molecule has 0 aliphatic rings. The van der Waals surface area contributed by atoms with Crippen LogP contribution in [-0.4, -0.2) is 4.98 Å². The summed E-state index contributed by atoms with van der Waals surface area (Å²) in [5, 5.41) is 0. The van der Waals surface area contributed by atoms with Crippen LogP contribution >= 0.6 is 0 Å². The SMILES string of the molecule is C=C(NOCc1ccccc1)c1ccncc1. The highest BCUT2D eigenvalue weighted by Crippen LogP contribution is 2.07. The first-order chi connectivity index (χ1) is 8.36. The molecule has 2 aromatic rings. The van der Waals surface area contributed by atoms with Gasteiger partial charge in [-0.2, -0.15) is 0 Å². The Balaban J connectivity index is 1.82. The van der Waals surface area contributed by atoms with E-state index in [-0.39, 0.29) is 0 Å². The van der Waals surface area contributed by atoms with E-state index in [1.165, 1.54) is 0 Å². The monoisotopic (exact) mass is 226 g/mol. The molecule has 0 aliphatic heterocycles. The van der Waals surface area contributed by atoms with Crippen LogP contribution in [0.25, 0.3) is 5.70 Å². The predicted octanol–water partition coefficient (Wildman–Crippen LogP) is 2.77. The summed E-state index contributed by atoms with van der Waals surface area (Å²) in [7, 11) is 0. The van der Waals surface area contributed by atoms with Crippen LogP contribution in [0, 0.1) is 0 Å². The molecule has 86 valence electrons. The highest BCUT2D eigenvalue weighted by atomic mass is 16.6. The van der Waals surface area contributed by atoms with Gasteiger partial charge in [-0.15, -0.1) is 0 Å². The van der Waals surface area contributed by atoms with E-state index in [2.05, 4.69) is 17.0 Å². The average molecular weight is 226 g/mol. The number of nitrogens with one attached hydrogen (secondary N) is 1. The third kappa shape index (κ3) is 3.43. The minimum Gasteiger partial charge on any atom is -0.271 e. The van der Waals surface area contributed by atoms with Gasteiger partial charge in [0.2, 0.25) is 0 Å². The number of hydroxylamine groups is 1. The Labute approximate surface area is 101 Å². The molecule has 0 bridgehead atoms. The zero-order chi connectivity index (χ0) is 11.9. The predicted molar refractivity (Wildman–Crippen MR) is 67.6 cm³/mol. The number of nitrogens with zero attached hydrogens (tertiary/aromatic N) is 1. The van der Waals surface area contributed by atoms with Crippen molar-refractivity contribution in [3.05, 3.63) is 72.6 Å². The molecule has 0 atom stereocenters. The second kappa shape index (κ2) is 5.82. The zero-order valence-electron chi connectivity index (χ0n) is 9.47. The van der Waals surface area contributed by atoms with Crippen molar-refractivity contribution in [2.45, 2.75) is 6.61 Å². The molecule has 0 saturated carbocycles. The topological polar surface area (TPSA) is 34.1 Å². The average Bonchev–Trinajstić information content (AvgIpc) is 2.41. The largest absolute Gasteiger partial charge is 0.271 e. The maximum atomic E-state index is 5.37. The quantitative estimate of drug-likeness (QED) is 0.796. The molecule has 2 rings (SSSR count). The number of benzene rings is 1. The zero-order valence-corrected chi connectivity index (χ0v) is 9.47. The van der Waals surface area contributed by atoms with Crippen LogP contribution in [0.3, 0.4) is 0 Å². The fourth-order valence-electron chi connectivity index (χ4n) is 1.39. The lowest BCUT2D eigenvalue weighted by atomic mass is 10.2. The third-order valence-electron chi connectivity index (χ3n) is 2.31. The molecule has 0 unspecified atom stereocenters. The van der Waals surface area contributed by atoms with Crippen LogP contribution in [0.4, 0.5) is 0 Å². The van der Waals surface area contributed by atoms with Gasteiger partial charge in [-0.3, -0.25) is 15.3 Å². The van der Waals surface area contributed by atoms with Crippen LogP contribution in [0.5, 0.6) is 0 Å². The lowest BCUT2D eigenvalue weighted by molar-refractivity contribution is 0.0648. The summed E-state index contributed by atoms with van der Waals surface area (Å²) in [4.78, 5) is 9.31. The molecule has 0 amide bonds. The van der Waals surface area contributed by atoms with Gasteiger partial charge in [0.15, 0.2) is 0 Å². The molecule has 3 nitrogen and oxygen atoms in total. The Morgan fingerprint density at radius 1 is 1.12 bits per heavy atom. The van der Waals surface area contributed by atoms with Crippen LogP contribution < -0.4 is 5.48 Å². The molecular weight excluding hydrogens is 212 g/mol. The highest BCUT2D eigenvalue weighted by Gasteiger charge is 1.97. The van der Waals surface area contributed by atoms with Crippen molar-refractivity contribution in [1.29, 1.82) is 0 Å². The summed E-state index contributed by atoms with van der Waals surface area (Å²) >= 11 is 0. The Bertz CT molecular complexity index is 468. The minimum absolute atomic E-state index is 0.505. The Morgan fingerprint density at radius 2 is 1.82 bits per heavy atom. The van der Waals surface area contributed by atoms with Crippen molar-refractivity contribution in [2.75, 3.05) is 0 Å². The molecule has 0 radical (unpaired) electrons. The second-order valence-corrected chi connectivity index (χ2v) is 3.59. The van der Waals surface area contributed by atoms with E-state index in [0.717, 1.165) is 16.8 Å². The van der Waals surface area contributed by atoms with E-state index in [1.807, 2.05) is 42.5 Å². The first-order valence-corrected chi connectivity index (χ1v) is 5.37. The summed E-state index contributed by atoms with van der Waals surface area (Å²) in [6.07, 6.45) is 3.44. The minimum atomic E-state index is 0.505. The second-order valence-electron chi connectivity index (χ2n) is 3.59. The fourth-order valence-corrected chi connectivity index (χ4v) is 1.39. The summed E-state index contributed by atoms with van der Waals surface area (Å²) < 4.78 is 0. The van der Waals surface area contributed by atoms with E-state index in [1.54, 1.807) is 12.4 Å². The maximum absolute atomic E-state index is 5.37. The molecule has 1 aromatic heterocycles. The van der Waals surface area contributed by atoms with Gasteiger partial charge in [0.25, 0.3) is 0 Å². The lowest BCUT2D eigenvalue weighted by Crippen LogP contribution is -2.12. The molecule has 0 saturated heterocycles. The van der Waals surface area contributed by atoms with Crippen molar-refractivity contribution in [3.63, 3.8) is 0 Å². The van der Waals surface area contributed by atoms with E-state index in [4.69, 9.17) is 4.84 Å². The van der Waals surface area contributed by atoms with Crippen molar-refractivity contribution in [2.24, 2.45) is 0 Å². The molecule has 0 fully saturated rings. The van der Waals surface area contributed by atoms with Crippen LogP contribution in [0.15, 0.2) is 61.4 Å². The van der Waals surface area contributed by atoms with Crippen LogP contribution in [0.1, 0.15) is 11.1 Å². The van der Waals surface area contributed by atoms with Crippen LogP contribution in [0.2, 0.25) is 0 Å². The molecule has 1 N–H and O–H groups in total. The van der Waals surface area contributed by atoms with Gasteiger partial charge in [0.05, 0.1) is 12.3 Å². The summed E-state index contributed by atoms with van der Waals surface area (Å²) in [6, 6.07) is 13.7. The van der Waals surface area contributed by atoms with Gasteiger partial charge in [-0.1, -0.05) is 36.9 Å². The highest BCUT2D eigenvalue weighted by molar-refractivity contribution is 5.59. The standard InChI is InChI=1S/C14H14N2O/c1-12(14-7-9-15-10-8-14)16-17-11-13-5-3-2-4-6-13/h2-10,16H,1,11H2. The fraction of sp³-hybridized carbons (Fsp3) is 0.0714. The van der Waals surface area contributed by atoms with Gasteiger partial charge in [0, 0.05) is 18.0 Å². The first-order valence-electron chi connectivity index (χ1n) is 5.37. The Kier molecular flexibility index (Phi) is 3.89. The molecule has 3 heteroatoms. The molecule has 17 heavy (non-hydrogen) atoms. The smallest absolute Gasteiger partial charge is 0.0996 e. The van der Waals surface area contributed by atoms with Gasteiger partial charge in [-0.25, -0.2) is 0 Å². The number of hydrogen-bond acceptors (Lipinski definition) is 3. The van der Waals surface area contributed by atoms with Gasteiger partial charge >= 0.3 is 0 Å². The van der Waals surface area contributed by atoms with Crippen molar-refractivity contribution < 1.29 is 4.84 Å². The van der Waals surface area contributed by atoms with Gasteiger partial charge in [0.1, 0.15) is 0 Å². The van der Waals surface area contributed by atoms with Crippen molar-refractivity contribution in [1.82, 2.24) is 10.5 Å². The summed E-state index contributed by atoms with van der Waals surface area (Å²) in [5.74, 6) is 0. The van der Waals surface area contributed by atoms with E-state index in [0.29, 0.717) is 6.61 Å². The number of rotatable bonds is 5. The van der Waals surface area contributed by atoms with Crippen molar-refractivity contribution >= 4 is 5.70 Å². The van der Waals surface area contributed by atoms with E-state index in [9.17, 15) is 0 Å². The van der Waals surface area contributed by atoms with Crippen LogP contribution in [-0.2, 0) is 11.4 Å².